The monoisotopic (exact) mass is 278 g/mol. The molecule has 3 rings (SSSR count). The molecule has 0 radical (unpaired) electrons. The summed E-state index contributed by atoms with van der Waals surface area (Å²) in [5.74, 6) is 0. The van der Waals surface area contributed by atoms with E-state index in [0.29, 0.717) is 5.15 Å². The van der Waals surface area contributed by atoms with Gasteiger partial charge in [0.2, 0.25) is 0 Å². The lowest BCUT2D eigenvalue weighted by atomic mass is 10.2. The summed E-state index contributed by atoms with van der Waals surface area (Å²) in [6, 6.07) is 0. The fourth-order valence-electron chi connectivity index (χ4n) is 2.95. The summed E-state index contributed by atoms with van der Waals surface area (Å²) < 4.78 is 2.27. The number of aromatic nitrogens is 3. The lowest BCUT2D eigenvalue weighted by molar-refractivity contribution is 0.323. The maximum absolute atomic E-state index is 6.20. The van der Waals surface area contributed by atoms with Gasteiger partial charge in [-0.1, -0.05) is 11.6 Å². The fourth-order valence-corrected chi connectivity index (χ4v) is 3.22. The molecule has 0 amide bonds. The van der Waals surface area contributed by atoms with Crippen LogP contribution in [0.5, 0.6) is 0 Å². The van der Waals surface area contributed by atoms with Crippen LogP contribution >= 0.6 is 11.6 Å². The van der Waals surface area contributed by atoms with Crippen molar-refractivity contribution in [3.63, 3.8) is 0 Å². The smallest absolute Gasteiger partial charge is 0.145 e. The SMILES string of the molecule is Cc1c(C)n(CCN2CCCC2)c2ncnc(Cl)c12. The van der Waals surface area contributed by atoms with Crippen LogP contribution in [0.3, 0.4) is 0 Å². The Kier molecular flexibility index (Phi) is 3.46. The van der Waals surface area contributed by atoms with Gasteiger partial charge in [0, 0.05) is 18.8 Å². The molecule has 102 valence electrons. The molecule has 4 nitrogen and oxygen atoms in total. The first kappa shape index (κ1) is 12.9. The van der Waals surface area contributed by atoms with Crippen LogP contribution in [0.15, 0.2) is 6.33 Å². The van der Waals surface area contributed by atoms with Crippen LogP contribution in [-0.4, -0.2) is 39.1 Å². The summed E-state index contributed by atoms with van der Waals surface area (Å²) in [7, 11) is 0. The van der Waals surface area contributed by atoms with Crippen molar-refractivity contribution in [3.8, 4) is 0 Å². The average Bonchev–Trinajstić information content (AvgIpc) is 2.98. The average molecular weight is 279 g/mol. The van der Waals surface area contributed by atoms with Gasteiger partial charge in [-0.25, -0.2) is 9.97 Å². The van der Waals surface area contributed by atoms with Gasteiger partial charge in [-0.15, -0.1) is 0 Å². The maximum atomic E-state index is 6.20. The molecule has 5 heteroatoms. The minimum Gasteiger partial charge on any atom is -0.328 e. The number of nitrogens with zero attached hydrogens (tertiary/aromatic N) is 4. The first-order valence-electron chi connectivity index (χ1n) is 6.86. The molecular weight excluding hydrogens is 260 g/mol. The number of hydrogen-bond donors (Lipinski definition) is 0. The van der Waals surface area contributed by atoms with E-state index < -0.39 is 0 Å². The minimum atomic E-state index is 0.561. The largest absolute Gasteiger partial charge is 0.328 e. The first-order chi connectivity index (χ1) is 9.18. The number of likely N-dealkylation sites (tertiary alicyclic amines) is 1. The lowest BCUT2D eigenvalue weighted by Crippen LogP contribution is -2.24. The van der Waals surface area contributed by atoms with Gasteiger partial charge in [-0.3, -0.25) is 0 Å². The molecule has 0 aromatic carbocycles. The molecule has 2 aromatic heterocycles. The van der Waals surface area contributed by atoms with Crippen molar-refractivity contribution in [3.05, 3.63) is 22.7 Å². The van der Waals surface area contributed by atoms with E-state index in [0.717, 1.165) is 24.1 Å². The van der Waals surface area contributed by atoms with Gasteiger partial charge in [-0.05, 0) is 45.3 Å². The predicted octanol–water partition coefficient (Wildman–Crippen LogP) is 2.80. The molecule has 1 fully saturated rings. The molecule has 3 heterocycles. The molecular formula is C14H19ClN4. The number of halogens is 1. The Hall–Kier alpha value is -1.13. The van der Waals surface area contributed by atoms with E-state index in [1.807, 2.05) is 0 Å². The Bertz CT molecular complexity index is 599. The zero-order valence-electron chi connectivity index (χ0n) is 11.5. The molecule has 1 saturated heterocycles. The van der Waals surface area contributed by atoms with Crippen molar-refractivity contribution in [1.82, 2.24) is 19.4 Å². The zero-order chi connectivity index (χ0) is 13.4. The fraction of sp³-hybridized carbons (Fsp3) is 0.571. The predicted molar refractivity (Wildman–Crippen MR) is 77.7 cm³/mol. The van der Waals surface area contributed by atoms with Crippen molar-refractivity contribution in [2.75, 3.05) is 19.6 Å². The summed E-state index contributed by atoms with van der Waals surface area (Å²) in [6.07, 6.45) is 4.22. The molecule has 19 heavy (non-hydrogen) atoms. The van der Waals surface area contributed by atoms with Crippen LogP contribution < -0.4 is 0 Å². The number of hydrogen-bond acceptors (Lipinski definition) is 3. The highest BCUT2D eigenvalue weighted by Gasteiger charge is 2.17. The molecule has 0 N–H and O–H groups in total. The molecule has 0 bridgehead atoms. The molecule has 0 atom stereocenters. The Morgan fingerprint density at radius 3 is 2.63 bits per heavy atom. The molecule has 1 aliphatic rings. The Morgan fingerprint density at radius 2 is 1.89 bits per heavy atom. The number of aryl methyl sites for hydroxylation is 1. The molecule has 0 saturated carbocycles. The highest BCUT2D eigenvalue weighted by atomic mass is 35.5. The van der Waals surface area contributed by atoms with Crippen molar-refractivity contribution in [2.45, 2.75) is 33.2 Å². The third-order valence-corrected chi connectivity index (χ3v) is 4.48. The van der Waals surface area contributed by atoms with E-state index in [9.17, 15) is 0 Å². The quantitative estimate of drug-likeness (QED) is 0.810. The van der Waals surface area contributed by atoms with Gasteiger partial charge in [0.15, 0.2) is 0 Å². The van der Waals surface area contributed by atoms with Gasteiger partial charge in [0.1, 0.15) is 17.1 Å². The molecule has 1 aliphatic heterocycles. The summed E-state index contributed by atoms with van der Waals surface area (Å²) in [5, 5.41) is 1.56. The zero-order valence-corrected chi connectivity index (χ0v) is 12.2. The second kappa shape index (κ2) is 5.10. The molecule has 0 unspecified atom stereocenters. The van der Waals surface area contributed by atoms with Crippen LogP contribution in [0.25, 0.3) is 11.0 Å². The van der Waals surface area contributed by atoms with E-state index in [2.05, 4.69) is 33.3 Å². The number of rotatable bonds is 3. The third kappa shape index (κ3) is 2.23. The first-order valence-corrected chi connectivity index (χ1v) is 7.24. The normalized spacial score (nSPS) is 16.6. The summed E-state index contributed by atoms with van der Waals surface area (Å²) >= 11 is 6.20. The standard InChI is InChI=1S/C14H19ClN4/c1-10-11(2)19(8-7-18-5-3-4-6-18)14-12(10)13(15)16-9-17-14/h9H,3-8H2,1-2H3. The van der Waals surface area contributed by atoms with Gasteiger partial charge in [0.05, 0.1) is 5.39 Å². The number of fused-ring (bicyclic) bond motifs is 1. The van der Waals surface area contributed by atoms with Gasteiger partial charge in [-0.2, -0.15) is 0 Å². The summed E-state index contributed by atoms with van der Waals surface area (Å²) in [5.41, 5.74) is 3.41. The van der Waals surface area contributed by atoms with E-state index in [-0.39, 0.29) is 0 Å². The molecule has 0 spiro atoms. The third-order valence-electron chi connectivity index (χ3n) is 4.20. The van der Waals surface area contributed by atoms with Crippen molar-refractivity contribution >= 4 is 22.6 Å². The van der Waals surface area contributed by atoms with Crippen LogP contribution in [0.2, 0.25) is 5.15 Å². The topological polar surface area (TPSA) is 34.0 Å². The lowest BCUT2D eigenvalue weighted by Gasteiger charge is -2.16. The highest BCUT2D eigenvalue weighted by Crippen LogP contribution is 2.28. The summed E-state index contributed by atoms with van der Waals surface area (Å²) in [4.78, 5) is 11.0. The Morgan fingerprint density at radius 1 is 1.16 bits per heavy atom. The maximum Gasteiger partial charge on any atom is 0.145 e. The second-order valence-electron chi connectivity index (χ2n) is 5.27. The van der Waals surface area contributed by atoms with Crippen molar-refractivity contribution in [2.24, 2.45) is 0 Å². The van der Waals surface area contributed by atoms with Gasteiger partial charge < -0.3 is 9.47 Å². The highest BCUT2D eigenvalue weighted by molar-refractivity contribution is 6.34. The minimum absolute atomic E-state index is 0.561. The Balaban J connectivity index is 1.94. The van der Waals surface area contributed by atoms with Crippen molar-refractivity contribution in [1.29, 1.82) is 0 Å². The summed E-state index contributed by atoms with van der Waals surface area (Å²) in [6.45, 7) is 8.76. The second-order valence-corrected chi connectivity index (χ2v) is 5.63. The van der Waals surface area contributed by atoms with Gasteiger partial charge in [0.25, 0.3) is 0 Å². The van der Waals surface area contributed by atoms with Crippen LogP contribution in [0.4, 0.5) is 0 Å². The molecule has 0 aliphatic carbocycles. The van der Waals surface area contributed by atoms with Crippen molar-refractivity contribution < 1.29 is 0 Å². The van der Waals surface area contributed by atoms with E-state index in [1.165, 1.54) is 37.2 Å². The van der Waals surface area contributed by atoms with Crippen LogP contribution in [0.1, 0.15) is 24.1 Å². The van der Waals surface area contributed by atoms with E-state index in [1.54, 1.807) is 6.33 Å². The van der Waals surface area contributed by atoms with Crippen LogP contribution in [-0.2, 0) is 6.54 Å². The van der Waals surface area contributed by atoms with E-state index in [4.69, 9.17) is 11.6 Å². The molecule has 2 aromatic rings. The van der Waals surface area contributed by atoms with E-state index >= 15 is 0 Å². The Labute approximate surface area is 118 Å². The van der Waals surface area contributed by atoms with Gasteiger partial charge >= 0.3 is 0 Å². The van der Waals surface area contributed by atoms with Crippen LogP contribution in [0, 0.1) is 13.8 Å².